The van der Waals surface area contributed by atoms with Crippen molar-refractivity contribution in [3.63, 3.8) is 0 Å². The van der Waals surface area contributed by atoms with Crippen LogP contribution < -0.4 is 0 Å². The summed E-state index contributed by atoms with van der Waals surface area (Å²) in [4.78, 5) is 17.4. The molecule has 1 aromatic carbocycles. The van der Waals surface area contributed by atoms with Gasteiger partial charge in [-0.05, 0) is 48.8 Å². The first-order chi connectivity index (χ1) is 19.8. The lowest BCUT2D eigenvalue weighted by molar-refractivity contribution is -0.130. The van der Waals surface area contributed by atoms with E-state index in [1.807, 2.05) is 19.1 Å². The fourth-order valence-electron chi connectivity index (χ4n) is 4.31. The number of rotatable bonds is 20. The number of benzene rings is 1. The highest BCUT2D eigenvalue weighted by atomic mass is 35.5. The van der Waals surface area contributed by atoms with Gasteiger partial charge in [-0.15, -0.1) is 0 Å². The van der Waals surface area contributed by atoms with Crippen LogP contribution in [0.3, 0.4) is 0 Å². The van der Waals surface area contributed by atoms with E-state index < -0.39 is 0 Å². The van der Waals surface area contributed by atoms with Crippen LogP contribution in [-0.4, -0.2) is 118 Å². The number of allylic oxidation sites excluding steroid dienone is 2. The van der Waals surface area contributed by atoms with Crippen LogP contribution in [0.15, 0.2) is 54.3 Å². The number of halogens is 2. The number of aliphatic hydroxyl groups excluding tert-OH is 2. The van der Waals surface area contributed by atoms with Crippen molar-refractivity contribution in [2.24, 2.45) is 0 Å². The van der Waals surface area contributed by atoms with Gasteiger partial charge in [0.05, 0.1) is 74.9 Å². The van der Waals surface area contributed by atoms with E-state index in [1.165, 1.54) is 0 Å². The van der Waals surface area contributed by atoms with E-state index in [-0.39, 0.29) is 44.3 Å². The lowest BCUT2D eigenvalue weighted by Crippen LogP contribution is -2.46. The van der Waals surface area contributed by atoms with Crippen molar-refractivity contribution in [3.05, 3.63) is 69.9 Å². The van der Waals surface area contributed by atoms with Gasteiger partial charge < -0.3 is 34.1 Å². The zero-order valence-corrected chi connectivity index (χ0v) is 25.6. The molecule has 0 aromatic heterocycles. The molecule has 1 aromatic rings. The zero-order chi connectivity index (χ0) is 30.0. The third-order valence-corrected chi connectivity index (χ3v) is 7.32. The SMILES string of the molecule is C=C(/C=C\C(=C/C)OCCO)[C@@H](CN1CC[C@H](OCCOCCOCCO)C1)N(C)C(=O)Cc1ccc(Cl)c(Cl)c1. The Kier molecular flexibility index (Phi) is 17.2. The van der Waals surface area contributed by atoms with Gasteiger partial charge in [-0.2, -0.15) is 0 Å². The van der Waals surface area contributed by atoms with Crippen LogP contribution in [0.1, 0.15) is 18.9 Å². The van der Waals surface area contributed by atoms with Crippen LogP contribution in [0.25, 0.3) is 0 Å². The second-order valence-electron chi connectivity index (χ2n) is 9.61. The number of carbonyl (C=O) groups is 1. The second kappa shape index (κ2) is 20.0. The number of nitrogens with zero attached hydrogens (tertiary/aromatic N) is 2. The van der Waals surface area contributed by atoms with Gasteiger partial charge in [-0.1, -0.05) is 41.9 Å². The molecule has 1 aliphatic heterocycles. The Bertz CT molecular complexity index is 1010. The number of hydrogen-bond donors (Lipinski definition) is 2. The summed E-state index contributed by atoms with van der Waals surface area (Å²) in [5, 5.41) is 18.6. The van der Waals surface area contributed by atoms with Crippen molar-refractivity contribution >= 4 is 29.1 Å². The van der Waals surface area contributed by atoms with Crippen LogP contribution in [0.4, 0.5) is 0 Å². The van der Waals surface area contributed by atoms with E-state index in [0.29, 0.717) is 55.4 Å². The third-order valence-electron chi connectivity index (χ3n) is 6.58. The standard InChI is InChI=1S/C30H44Cl2N2O7/c1-4-25(40-14-12-36)7-5-23(2)29(33(3)30(37)20-24-6-8-27(31)28(32)19-24)22-34-10-9-26(21-34)41-18-17-39-16-15-38-13-11-35/h4-8,19,26,29,35-36H,2,9-18,20-22H2,1,3H3/b7-5-,25-4+/t26-,29+/m0/s1. The smallest absolute Gasteiger partial charge is 0.227 e. The van der Waals surface area contributed by atoms with Gasteiger partial charge in [0.1, 0.15) is 12.4 Å². The van der Waals surface area contributed by atoms with Gasteiger partial charge in [0.25, 0.3) is 0 Å². The van der Waals surface area contributed by atoms with E-state index in [0.717, 1.165) is 30.6 Å². The molecule has 1 saturated heterocycles. The van der Waals surface area contributed by atoms with Gasteiger partial charge >= 0.3 is 0 Å². The Morgan fingerprint density at radius 1 is 1.10 bits per heavy atom. The first-order valence-corrected chi connectivity index (χ1v) is 14.6. The molecule has 11 heteroatoms. The van der Waals surface area contributed by atoms with E-state index >= 15 is 0 Å². The molecule has 0 saturated carbocycles. The van der Waals surface area contributed by atoms with E-state index in [9.17, 15) is 4.79 Å². The Balaban J connectivity index is 1.99. The lowest BCUT2D eigenvalue weighted by Gasteiger charge is -2.32. The van der Waals surface area contributed by atoms with Crippen molar-refractivity contribution in [3.8, 4) is 0 Å². The molecule has 41 heavy (non-hydrogen) atoms. The first-order valence-electron chi connectivity index (χ1n) is 13.9. The minimum atomic E-state index is -0.293. The summed E-state index contributed by atoms with van der Waals surface area (Å²) in [5.74, 6) is 0.540. The molecule has 230 valence electrons. The summed E-state index contributed by atoms with van der Waals surface area (Å²) in [6.45, 7) is 10.6. The third kappa shape index (κ3) is 13.3. The molecular weight excluding hydrogens is 571 g/mol. The minimum absolute atomic E-state index is 0.00280. The molecular formula is C30H44Cl2N2O7. The van der Waals surface area contributed by atoms with Gasteiger partial charge in [0.2, 0.25) is 5.91 Å². The number of likely N-dealkylation sites (N-methyl/N-ethyl adjacent to an activating group) is 1. The number of carbonyl (C=O) groups excluding carboxylic acids is 1. The molecule has 1 amide bonds. The number of hydrogen-bond acceptors (Lipinski definition) is 8. The Morgan fingerprint density at radius 3 is 2.49 bits per heavy atom. The van der Waals surface area contributed by atoms with Gasteiger partial charge in [-0.3, -0.25) is 9.69 Å². The van der Waals surface area contributed by atoms with Gasteiger partial charge in [0, 0.05) is 26.7 Å². The van der Waals surface area contributed by atoms with Crippen LogP contribution in [0.5, 0.6) is 0 Å². The Morgan fingerprint density at radius 2 is 1.80 bits per heavy atom. The fourth-order valence-corrected chi connectivity index (χ4v) is 4.63. The summed E-state index contributed by atoms with van der Waals surface area (Å²) in [6.07, 6.45) is 6.60. The average molecular weight is 616 g/mol. The number of amides is 1. The zero-order valence-electron chi connectivity index (χ0n) is 24.1. The molecule has 0 spiro atoms. The van der Waals surface area contributed by atoms with Gasteiger partial charge in [-0.25, -0.2) is 0 Å². The maximum Gasteiger partial charge on any atom is 0.227 e. The number of likely N-dealkylation sites (tertiary alicyclic amines) is 1. The molecule has 0 bridgehead atoms. The predicted molar refractivity (Wildman–Crippen MR) is 161 cm³/mol. The van der Waals surface area contributed by atoms with Crippen LogP contribution in [0.2, 0.25) is 10.0 Å². The molecule has 2 N–H and O–H groups in total. The number of aliphatic hydroxyl groups is 2. The van der Waals surface area contributed by atoms with Gasteiger partial charge in [0.15, 0.2) is 0 Å². The maximum atomic E-state index is 13.4. The van der Waals surface area contributed by atoms with Crippen molar-refractivity contribution in [2.75, 3.05) is 79.5 Å². The van der Waals surface area contributed by atoms with Crippen LogP contribution >= 0.6 is 23.2 Å². The van der Waals surface area contributed by atoms with Crippen molar-refractivity contribution < 1.29 is 34.0 Å². The molecule has 0 radical (unpaired) electrons. The monoisotopic (exact) mass is 614 g/mol. The van der Waals surface area contributed by atoms with E-state index in [2.05, 4.69) is 11.5 Å². The molecule has 1 fully saturated rings. The van der Waals surface area contributed by atoms with Crippen LogP contribution in [0, 0.1) is 0 Å². The van der Waals surface area contributed by atoms with Crippen molar-refractivity contribution in [2.45, 2.75) is 31.9 Å². The summed E-state index contributed by atoms with van der Waals surface area (Å²) in [6, 6.07) is 4.91. The largest absolute Gasteiger partial charge is 0.492 e. The highest BCUT2D eigenvalue weighted by molar-refractivity contribution is 6.42. The quantitative estimate of drug-likeness (QED) is 0.131. The topological polar surface area (TPSA) is 101 Å². The molecule has 1 heterocycles. The molecule has 2 rings (SSSR count). The highest BCUT2D eigenvalue weighted by Gasteiger charge is 2.29. The second-order valence-corrected chi connectivity index (χ2v) is 10.4. The van der Waals surface area contributed by atoms with Crippen LogP contribution in [-0.2, 0) is 30.2 Å². The van der Waals surface area contributed by atoms with E-state index in [4.69, 9.17) is 52.4 Å². The fraction of sp³-hybridized carbons (Fsp3) is 0.567. The molecule has 0 unspecified atom stereocenters. The summed E-state index contributed by atoms with van der Waals surface area (Å²) in [7, 11) is 1.79. The molecule has 1 aliphatic rings. The summed E-state index contributed by atoms with van der Waals surface area (Å²) >= 11 is 12.2. The Labute approximate surface area is 253 Å². The summed E-state index contributed by atoms with van der Waals surface area (Å²) < 4.78 is 22.2. The normalized spacial score (nSPS) is 16.8. The molecule has 2 atom stereocenters. The number of ether oxygens (including phenoxy) is 4. The first kappa shape index (κ1) is 35.2. The highest BCUT2D eigenvalue weighted by Crippen LogP contribution is 2.24. The van der Waals surface area contributed by atoms with E-state index in [1.54, 1.807) is 36.2 Å². The predicted octanol–water partition coefficient (Wildman–Crippen LogP) is 3.50. The summed E-state index contributed by atoms with van der Waals surface area (Å²) in [5.41, 5.74) is 1.53. The molecule has 9 nitrogen and oxygen atoms in total. The Hall–Kier alpha value is -1.95. The average Bonchev–Trinajstić information content (AvgIpc) is 3.42. The minimum Gasteiger partial charge on any atom is -0.492 e. The van der Waals surface area contributed by atoms with Crippen molar-refractivity contribution in [1.29, 1.82) is 0 Å². The molecule has 0 aliphatic carbocycles. The maximum absolute atomic E-state index is 13.4. The lowest BCUT2D eigenvalue weighted by atomic mass is 10.0. The van der Waals surface area contributed by atoms with Crippen molar-refractivity contribution in [1.82, 2.24) is 9.80 Å².